The van der Waals surface area contributed by atoms with Crippen LogP contribution in [-0.2, 0) is 6.54 Å². The predicted octanol–water partition coefficient (Wildman–Crippen LogP) is 5.71. The van der Waals surface area contributed by atoms with Crippen molar-refractivity contribution in [3.8, 4) is 0 Å². The minimum absolute atomic E-state index is 0.245. The smallest absolute Gasteiger partial charge is 0.267 e. The normalized spacial score (nSPS) is 15.8. The van der Waals surface area contributed by atoms with Crippen LogP contribution in [0.1, 0.15) is 28.1 Å². The molecule has 0 spiro atoms. The summed E-state index contributed by atoms with van der Waals surface area (Å²) in [4.78, 5) is 19.7. The Morgan fingerprint density at radius 2 is 2.24 bits per heavy atom. The largest absolute Gasteiger partial charge is 0.372 e. The van der Waals surface area contributed by atoms with Crippen LogP contribution < -0.4 is 10.6 Å². The van der Waals surface area contributed by atoms with Crippen LogP contribution in [0.5, 0.6) is 0 Å². The van der Waals surface area contributed by atoms with Gasteiger partial charge in [0.25, 0.3) is 5.91 Å². The standard InChI is InChI=1S/C24H27ClN6OS/c1-4-17(3)30-11-6-8-18(14-30)15-31-12-10-21(29-31)27-24-26-13-20(33-24)23(32)28-22-16(2)7-5-9-19(22)25/h4-5,7,9-10,12-13,18H,1,3,6,8,11,14-15H2,2H3,(H,28,32)(H,26,27,29). The second-order valence-electron chi connectivity index (χ2n) is 8.11. The Balaban J connectivity index is 1.35. The van der Waals surface area contributed by atoms with Gasteiger partial charge in [-0.05, 0) is 43.4 Å². The first-order chi connectivity index (χ1) is 15.9. The molecule has 0 radical (unpaired) electrons. The number of rotatable bonds is 8. The second-order valence-corrected chi connectivity index (χ2v) is 9.55. The van der Waals surface area contributed by atoms with Crippen LogP contribution in [-0.4, -0.2) is 38.7 Å². The first kappa shape index (κ1) is 23.1. The number of amides is 1. The maximum atomic E-state index is 12.6. The molecule has 1 saturated heterocycles. The van der Waals surface area contributed by atoms with Crippen molar-refractivity contribution in [3.05, 3.63) is 77.1 Å². The highest BCUT2D eigenvalue weighted by molar-refractivity contribution is 7.17. The van der Waals surface area contributed by atoms with E-state index in [1.54, 1.807) is 12.3 Å². The third-order valence-electron chi connectivity index (χ3n) is 5.67. The highest BCUT2D eigenvalue weighted by Crippen LogP contribution is 2.28. The molecule has 0 bridgehead atoms. The Hall–Kier alpha value is -3.10. The Bertz CT molecular complexity index is 1150. The molecule has 1 aromatic carbocycles. The van der Waals surface area contributed by atoms with E-state index in [0.717, 1.165) is 37.3 Å². The fourth-order valence-electron chi connectivity index (χ4n) is 3.91. The second kappa shape index (κ2) is 10.2. The third kappa shape index (κ3) is 5.64. The first-order valence-corrected chi connectivity index (χ1v) is 12.0. The fraction of sp³-hybridized carbons (Fsp3) is 0.292. The lowest BCUT2D eigenvalue weighted by atomic mass is 9.97. The van der Waals surface area contributed by atoms with E-state index in [-0.39, 0.29) is 5.91 Å². The van der Waals surface area contributed by atoms with E-state index in [1.807, 2.05) is 42.1 Å². The van der Waals surface area contributed by atoms with Crippen LogP contribution in [0.4, 0.5) is 16.6 Å². The number of hydrogen-bond donors (Lipinski definition) is 2. The number of allylic oxidation sites excluding steroid dienone is 1. The number of carbonyl (C=O) groups excluding carboxylic acids is 1. The summed E-state index contributed by atoms with van der Waals surface area (Å²) in [6, 6.07) is 7.42. The van der Waals surface area contributed by atoms with E-state index in [1.165, 1.54) is 17.8 Å². The number of halogens is 1. The summed E-state index contributed by atoms with van der Waals surface area (Å²) < 4.78 is 1.95. The number of nitrogens with one attached hydrogen (secondary N) is 2. The molecule has 1 fully saturated rings. The average molecular weight is 483 g/mol. The van der Waals surface area contributed by atoms with Crippen LogP contribution in [0.2, 0.25) is 5.02 Å². The number of para-hydroxylation sites is 1. The number of nitrogens with zero attached hydrogens (tertiary/aromatic N) is 4. The summed E-state index contributed by atoms with van der Waals surface area (Å²) in [5.41, 5.74) is 2.50. The number of aryl methyl sites for hydroxylation is 1. The van der Waals surface area contributed by atoms with Gasteiger partial charge in [0, 0.05) is 37.6 Å². The van der Waals surface area contributed by atoms with Crippen molar-refractivity contribution in [2.24, 2.45) is 5.92 Å². The molecule has 1 aliphatic heterocycles. The summed E-state index contributed by atoms with van der Waals surface area (Å²) >= 11 is 7.48. The molecule has 2 aromatic heterocycles. The zero-order chi connectivity index (χ0) is 23.4. The summed E-state index contributed by atoms with van der Waals surface area (Å²) in [5, 5.41) is 11.8. The highest BCUT2D eigenvalue weighted by Gasteiger charge is 2.21. The maximum Gasteiger partial charge on any atom is 0.267 e. The zero-order valence-electron chi connectivity index (χ0n) is 18.6. The average Bonchev–Trinajstić information content (AvgIpc) is 3.46. The van der Waals surface area contributed by atoms with E-state index in [9.17, 15) is 4.79 Å². The van der Waals surface area contributed by atoms with Gasteiger partial charge in [0.2, 0.25) is 0 Å². The Morgan fingerprint density at radius 3 is 3.03 bits per heavy atom. The molecule has 0 aliphatic carbocycles. The van der Waals surface area contributed by atoms with E-state index >= 15 is 0 Å². The van der Waals surface area contributed by atoms with Crippen molar-refractivity contribution >= 4 is 45.5 Å². The SMILES string of the molecule is C=CC(=C)N1CCCC(Cn2ccc(Nc3ncc(C(=O)Nc4c(C)cccc4Cl)s3)n2)C1. The van der Waals surface area contributed by atoms with Crippen molar-refractivity contribution in [2.75, 3.05) is 23.7 Å². The van der Waals surface area contributed by atoms with E-state index in [0.29, 0.717) is 32.5 Å². The Kier molecular flexibility index (Phi) is 7.15. The lowest BCUT2D eigenvalue weighted by Crippen LogP contribution is -2.35. The van der Waals surface area contributed by atoms with Gasteiger partial charge in [0.1, 0.15) is 4.88 Å². The summed E-state index contributed by atoms with van der Waals surface area (Å²) in [7, 11) is 0. The molecule has 0 saturated carbocycles. The molecule has 2 N–H and O–H groups in total. The number of anilines is 3. The number of hydrogen-bond acceptors (Lipinski definition) is 6. The molecular formula is C24H27ClN6OS. The van der Waals surface area contributed by atoms with Crippen LogP contribution in [0.3, 0.4) is 0 Å². The summed E-state index contributed by atoms with van der Waals surface area (Å²) in [5.74, 6) is 0.957. The molecule has 1 aliphatic rings. The van der Waals surface area contributed by atoms with E-state index < -0.39 is 0 Å². The molecule has 4 rings (SSSR count). The predicted molar refractivity (Wildman–Crippen MR) is 135 cm³/mol. The summed E-state index contributed by atoms with van der Waals surface area (Å²) in [6.07, 6.45) is 7.64. The highest BCUT2D eigenvalue weighted by atomic mass is 35.5. The number of likely N-dealkylation sites (tertiary alicyclic amines) is 1. The number of carbonyl (C=O) groups is 1. The van der Waals surface area contributed by atoms with Gasteiger partial charge in [-0.25, -0.2) is 4.98 Å². The quantitative estimate of drug-likeness (QED) is 0.402. The van der Waals surface area contributed by atoms with Gasteiger partial charge < -0.3 is 15.5 Å². The third-order valence-corrected chi connectivity index (χ3v) is 6.90. The molecule has 7 nitrogen and oxygen atoms in total. The fourth-order valence-corrected chi connectivity index (χ4v) is 4.90. The minimum atomic E-state index is -0.245. The molecular weight excluding hydrogens is 456 g/mol. The van der Waals surface area contributed by atoms with Crippen molar-refractivity contribution < 1.29 is 4.79 Å². The maximum absolute atomic E-state index is 12.6. The first-order valence-electron chi connectivity index (χ1n) is 10.8. The molecule has 9 heteroatoms. The van der Waals surface area contributed by atoms with Gasteiger partial charge in [0.05, 0.1) is 16.9 Å². The number of aromatic nitrogens is 3. The van der Waals surface area contributed by atoms with Gasteiger partial charge in [-0.3, -0.25) is 9.48 Å². The molecule has 1 unspecified atom stereocenters. The number of benzene rings is 1. The molecule has 3 aromatic rings. The molecule has 172 valence electrons. The molecule has 1 amide bonds. The molecule has 3 heterocycles. The van der Waals surface area contributed by atoms with Crippen molar-refractivity contribution in [3.63, 3.8) is 0 Å². The summed E-state index contributed by atoms with van der Waals surface area (Å²) in [6.45, 7) is 12.6. The van der Waals surface area contributed by atoms with Gasteiger partial charge in [0.15, 0.2) is 10.9 Å². The Labute approximate surface area is 202 Å². The minimum Gasteiger partial charge on any atom is -0.372 e. The lowest BCUT2D eigenvalue weighted by Gasteiger charge is -2.34. The van der Waals surface area contributed by atoms with Gasteiger partial charge in [-0.1, -0.05) is 48.2 Å². The van der Waals surface area contributed by atoms with Crippen molar-refractivity contribution in [2.45, 2.75) is 26.3 Å². The Morgan fingerprint density at radius 1 is 1.39 bits per heavy atom. The molecule has 1 atom stereocenters. The number of piperidine rings is 1. The molecule has 33 heavy (non-hydrogen) atoms. The van der Waals surface area contributed by atoms with E-state index in [2.05, 4.69) is 38.8 Å². The van der Waals surface area contributed by atoms with Crippen LogP contribution in [0.25, 0.3) is 0 Å². The lowest BCUT2D eigenvalue weighted by molar-refractivity contribution is 0.103. The van der Waals surface area contributed by atoms with Crippen molar-refractivity contribution in [1.29, 1.82) is 0 Å². The van der Waals surface area contributed by atoms with Gasteiger partial charge in [-0.2, -0.15) is 5.10 Å². The van der Waals surface area contributed by atoms with Gasteiger partial charge in [-0.15, -0.1) is 0 Å². The van der Waals surface area contributed by atoms with Crippen LogP contribution >= 0.6 is 22.9 Å². The number of thiazole rings is 1. The van der Waals surface area contributed by atoms with E-state index in [4.69, 9.17) is 11.6 Å². The monoisotopic (exact) mass is 482 g/mol. The van der Waals surface area contributed by atoms with Crippen molar-refractivity contribution in [1.82, 2.24) is 19.7 Å². The van der Waals surface area contributed by atoms with Gasteiger partial charge >= 0.3 is 0 Å². The van der Waals surface area contributed by atoms with Crippen LogP contribution in [0, 0.1) is 12.8 Å². The zero-order valence-corrected chi connectivity index (χ0v) is 20.1. The van der Waals surface area contributed by atoms with Crippen LogP contribution in [0.15, 0.2) is 61.6 Å². The topological polar surface area (TPSA) is 75.1 Å².